The Morgan fingerprint density at radius 2 is 1.17 bits per heavy atom. The predicted molar refractivity (Wildman–Crippen MR) is 107 cm³/mol. The van der Waals surface area contributed by atoms with Crippen molar-refractivity contribution in [3.05, 3.63) is 0 Å². The fourth-order valence-corrected chi connectivity index (χ4v) is 3.64. The van der Waals surface area contributed by atoms with Gasteiger partial charge in [-0.05, 0) is 46.8 Å². The highest BCUT2D eigenvalue weighted by atomic mass is 16.4. The fourth-order valence-electron chi connectivity index (χ4n) is 3.64. The van der Waals surface area contributed by atoms with Gasteiger partial charge >= 0.3 is 5.97 Å². The van der Waals surface area contributed by atoms with E-state index in [1.54, 1.807) is 0 Å². The van der Waals surface area contributed by atoms with Crippen LogP contribution in [0.15, 0.2) is 0 Å². The van der Waals surface area contributed by atoms with Crippen LogP contribution in [0, 0.1) is 40.4 Å². The van der Waals surface area contributed by atoms with E-state index in [0.29, 0.717) is 35.0 Å². The molecule has 146 valence electrons. The third kappa shape index (κ3) is 12.8. The Morgan fingerprint density at radius 1 is 0.792 bits per heavy atom. The normalized spacial score (nSPS) is 14.2. The maximum Gasteiger partial charge on any atom is 0.303 e. The Labute approximate surface area is 152 Å². The van der Waals surface area contributed by atoms with Crippen LogP contribution in [0.3, 0.4) is 0 Å². The number of carbonyl (C=O) groups is 1. The largest absolute Gasteiger partial charge is 0.481 e. The minimum atomic E-state index is -0.683. The quantitative estimate of drug-likeness (QED) is 0.557. The van der Waals surface area contributed by atoms with E-state index in [-0.39, 0.29) is 0 Å². The van der Waals surface area contributed by atoms with Crippen molar-refractivity contribution in [2.45, 2.75) is 95.9 Å². The summed E-state index contributed by atoms with van der Waals surface area (Å²) in [5.74, 6) is 2.17. The molecular formula is C22H46O2. The molecule has 0 aliphatic carbocycles. The maximum absolute atomic E-state index is 10.4. The first-order valence-corrected chi connectivity index (χ1v) is 9.70. The van der Waals surface area contributed by atoms with E-state index in [1.165, 1.54) is 6.42 Å². The lowest BCUT2D eigenvalue weighted by Gasteiger charge is -2.38. The lowest BCUT2D eigenvalue weighted by Crippen LogP contribution is -2.29. The molecule has 0 aliphatic rings. The molecule has 0 aliphatic heterocycles. The minimum absolute atomic E-state index is 0.301. The molecule has 0 saturated carbocycles. The first-order chi connectivity index (χ1) is 10.5. The molecule has 0 saturated heterocycles. The number of aliphatic carboxylic acids is 1. The summed E-state index contributed by atoms with van der Waals surface area (Å²) < 4.78 is 0. The number of carboxylic acids is 1. The van der Waals surface area contributed by atoms with Gasteiger partial charge in [0.05, 0.1) is 0 Å². The summed E-state index contributed by atoms with van der Waals surface area (Å²) in [7, 11) is 0. The van der Waals surface area contributed by atoms with E-state index in [0.717, 1.165) is 11.8 Å². The van der Waals surface area contributed by atoms with Crippen molar-refractivity contribution in [2.75, 3.05) is 0 Å². The molecule has 0 heterocycles. The highest BCUT2D eigenvalue weighted by molar-refractivity contribution is 5.67. The first kappa shape index (κ1) is 25.7. The van der Waals surface area contributed by atoms with Crippen LogP contribution >= 0.6 is 0 Å². The van der Waals surface area contributed by atoms with E-state index in [1.807, 2.05) is 0 Å². The Morgan fingerprint density at radius 3 is 1.25 bits per heavy atom. The van der Waals surface area contributed by atoms with E-state index < -0.39 is 5.97 Å². The SMILES string of the molecule is CC(C)C(CC(=O)O)C(C)C.CC(C)C(CC(C)(C)C)C(C)(C)C. The van der Waals surface area contributed by atoms with Crippen LogP contribution in [-0.4, -0.2) is 11.1 Å². The monoisotopic (exact) mass is 342 g/mol. The lowest BCUT2D eigenvalue weighted by atomic mass is 9.67. The van der Waals surface area contributed by atoms with Crippen LogP contribution in [0.4, 0.5) is 0 Å². The van der Waals surface area contributed by atoms with E-state index in [9.17, 15) is 4.79 Å². The molecule has 1 atom stereocenters. The Balaban J connectivity index is 0. The zero-order chi connectivity index (χ0) is 19.9. The van der Waals surface area contributed by atoms with Gasteiger partial charge in [0.2, 0.25) is 0 Å². The van der Waals surface area contributed by atoms with Crippen LogP contribution in [-0.2, 0) is 4.79 Å². The van der Waals surface area contributed by atoms with E-state index in [4.69, 9.17) is 5.11 Å². The molecule has 0 bridgehead atoms. The van der Waals surface area contributed by atoms with Crippen LogP contribution in [0.5, 0.6) is 0 Å². The Kier molecular flexibility index (Phi) is 11.2. The van der Waals surface area contributed by atoms with Gasteiger partial charge in [-0.1, -0.05) is 83.1 Å². The molecule has 24 heavy (non-hydrogen) atoms. The van der Waals surface area contributed by atoms with E-state index in [2.05, 4.69) is 83.1 Å². The number of hydrogen-bond donors (Lipinski definition) is 1. The summed E-state index contributed by atoms with van der Waals surface area (Å²) in [4.78, 5) is 10.4. The first-order valence-electron chi connectivity index (χ1n) is 9.70. The van der Waals surface area contributed by atoms with Crippen molar-refractivity contribution in [3.63, 3.8) is 0 Å². The van der Waals surface area contributed by atoms with Gasteiger partial charge in [-0.3, -0.25) is 4.79 Å². The van der Waals surface area contributed by atoms with E-state index >= 15 is 0 Å². The highest BCUT2D eigenvalue weighted by Gasteiger charge is 2.30. The molecule has 2 heteroatoms. The van der Waals surface area contributed by atoms with Gasteiger partial charge in [0.25, 0.3) is 0 Å². The third-order valence-corrected chi connectivity index (χ3v) is 4.87. The van der Waals surface area contributed by atoms with Gasteiger partial charge in [0, 0.05) is 6.42 Å². The molecule has 2 nitrogen and oxygen atoms in total. The molecule has 0 amide bonds. The van der Waals surface area contributed by atoms with Crippen molar-refractivity contribution < 1.29 is 9.90 Å². The molecule has 0 aromatic rings. The van der Waals surface area contributed by atoms with Gasteiger partial charge in [0.1, 0.15) is 0 Å². The molecule has 1 unspecified atom stereocenters. The summed E-state index contributed by atoms with van der Waals surface area (Å²) >= 11 is 0. The summed E-state index contributed by atoms with van der Waals surface area (Å²) in [5, 5.41) is 8.58. The topological polar surface area (TPSA) is 37.3 Å². The predicted octanol–water partition coefficient (Wildman–Crippen LogP) is 7.13. The standard InChI is InChI=1S/C13H28.C9H18O2/c1-10(2)11(13(6,7)8)9-12(3,4)5;1-6(2)8(7(3)4)5-9(10)11/h10-11H,9H2,1-8H3;6-8H,5H2,1-4H3,(H,10,11). The van der Waals surface area contributed by atoms with Crippen LogP contribution in [0.1, 0.15) is 95.9 Å². The van der Waals surface area contributed by atoms with Crippen molar-refractivity contribution in [2.24, 2.45) is 40.4 Å². The second-order valence-electron chi connectivity index (χ2n) is 10.7. The average molecular weight is 343 g/mol. The molecule has 0 fully saturated rings. The van der Waals surface area contributed by atoms with Crippen molar-refractivity contribution in [1.29, 1.82) is 0 Å². The number of carboxylic acid groups (broad SMARTS) is 1. The summed E-state index contributed by atoms with van der Waals surface area (Å²) in [6.45, 7) is 27.1. The Hall–Kier alpha value is -0.530. The average Bonchev–Trinajstić information content (AvgIpc) is 2.30. The molecule has 0 spiro atoms. The van der Waals surface area contributed by atoms with Gasteiger partial charge in [-0.25, -0.2) is 0 Å². The molecule has 1 N–H and O–H groups in total. The smallest absolute Gasteiger partial charge is 0.303 e. The third-order valence-electron chi connectivity index (χ3n) is 4.87. The highest BCUT2D eigenvalue weighted by Crippen LogP contribution is 2.40. The zero-order valence-corrected chi connectivity index (χ0v) is 18.7. The van der Waals surface area contributed by atoms with Gasteiger partial charge in [-0.15, -0.1) is 0 Å². The summed E-state index contributed by atoms with van der Waals surface area (Å²) in [5.41, 5.74) is 0.906. The van der Waals surface area contributed by atoms with Gasteiger partial charge < -0.3 is 5.11 Å². The molecule has 0 aromatic carbocycles. The summed E-state index contributed by atoms with van der Waals surface area (Å²) in [6, 6.07) is 0. The number of hydrogen-bond acceptors (Lipinski definition) is 1. The molecular weight excluding hydrogens is 296 g/mol. The maximum atomic E-state index is 10.4. The van der Waals surface area contributed by atoms with Gasteiger partial charge in [-0.2, -0.15) is 0 Å². The second kappa shape index (κ2) is 10.5. The van der Waals surface area contributed by atoms with Crippen LogP contribution < -0.4 is 0 Å². The molecule has 0 rings (SSSR count). The van der Waals surface area contributed by atoms with Crippen molar-refractivity contribution in [3.8, 4) is 0 Å². The van der Waals surface area contributed by atoms with Crippen molar-refractivity contribution >= 4 is 5.97 Å². The molecule has 0 radical (unpaired) electrons. The van der Waals surface area contributed by atoms with Crippen LogP contribution in [0.2, 0.25) is 0 Å². The van der Waals surface area contributed by atoms with Crippen molar-refractivity contribution in [1.82, 2.24) is 0 Å². The molecule has 0 aromatic heterocycles. The summed E-state index contributed by atoms with van der Waals surface area (Å²) in [6.07, 6.45) is 1.63. The van der Waals surface area contributed by atoms with Crippen LogP contribution in [0.25, 0.3) is 0 Å². The van der Waals surface area contributed by atoms with Gasteiger partial charge in [0.15, 0.2) is 0 Å². The Bertz CT molecular complexity index is 332. The lowest BCUT2D eigenvalue weighted by molar-refractivity contribution is -0.138. The minimum Gasteiger partial charge on any atom is -0.481 e. The second-order valence-corrected chi connectivity index (χ2v) is 10.7. The zero-order valence-electron chi connectivity index (χ0n) is 18.7. The number of rotatable bonds is 6. The fraction of sp³-hybridized carbons (Fsp3) is 0.955.